The fourth-order valence-electron chi connectivity index (χ4n) is 2.47. The van der Waals surface area contributed by atoms with E-state index in [1.807, 2.05) is 0 Å². The van der Waals surface area contributed by atoms with Gasteiger partial charge in [-0.3, -0.25) is 19.5 Å². The van der Waals surface area contributed by atoms with Gasteiger partial charge < -0.3 is 15.4 Å². The standard InChI is InChI=1S/C16H28N4O3/c1-17-16(18-8-3-11-23-12-13-6-7-13)19-9-10-20-14(21)4-2-5-15(20)22/h13H,2-12H2,1H3,(H2,17,18,19). The lowest BCUT2D eigenvalue weighted by molar-refractivity contribution is -0.147. The molecule has 0 radical (unpaired) electrons. The van der Waals surface area contributed by atoms with Gasteiger partial charge in [0.05, 0.1) is 0 Å². The second kappa shape index (κ2) is 9.50. The molecule has 1 saturated heterocycles. The Morgan fingerprint density at radius 3 is 2.57 bits per heavy atom. The Hall–Kier alpha value is -1.63. The predicted molar refractivity (Wildman–Crippen MR) is 88.1 cm³/mol. The average Bonchev–Trinajstić information content (AvgIpc) is 3.35. The van der Waals surface area contributed by atoms with Gasteiger partial charge in [0.15, 0.2) is 5.96 Å². The summed E-state index contributed by atoms with van der Waals surface area (Å²) in [5, 5.41) is 6.33. The van der Waals surface area contributed by atoms with E-state index in [1.165, 1.54) is 17.7 Å². The van der Waals surface area contributed by atoms with Gasteiger partial charge in [0.25, 0.3) is 0 Å². The molecule has 0 unspecified atom stereocenters. The van der Waals surface area contributed by atoms with E-state index in [4.69, 9.17) is 4.74 Å². The van der Waals surface area contributed by atoms with Crippen LogP contribution in [0.1, 0.15) is 38.5 Å². The lowest BCUT2D eigenvalue weighted by Crippen LogP contribution is -2.46. The number of guanidine groups is 1. The van der Waals surface area contributed by atoms with Gasteiger partial charge in [-0.1, -0.05) is 0 Å². The van der Waals surface area contributed by atoms with Gasteiger partial charge in [0.1, 0.15) is 0 Å². The van der Waals surface area contributed by atoms with E-state index in [0.717, 1.165) is 32.1 Å². The van der Waals surface area contributed by atoms with Crippen LogP contribution in [0.5, 0.6) is 0 Å². The second-order valence-electron chi connectivity index (χ2n) is 6.09. The van der Waals surface area contributed by atoms with Crippen LogP contribution in [0.2, 0.25) is 0 Å². The first-order valence-corrected chi connectivity index (χ1v) is 8.56. The molecule has 1 saturated carbocycles. The molecule has 0 aromatic heterocycles. The number of imide groups is 1. The van der Waals surface area contributed by atoms with Gasteiger partial charge in [-0.2, -0.15) is 0 Å². The largest absolute Gasteiger partial charge is 0.381 e. The minimum Gasteiger partial charge on any atom is -0.381 e. The van der Waals surface area contributed by atoms with E-state index in [-0.39, 0.29) is 11.8 Å². The molecule has 1 heterocycles. The Labute approximate surface area is 137 Å². The first-order chi connectivity index (χ1) is 11.2. The van der Waals surface area contributed by atoms with Crippen molar-refractivity contribution in [3.05, 3.63) is 0 Å². The summed E-state index contributed by atoms with van der Waals surface area (Å²) in [6.07, 6.45) is 5.18. The number of nitrogens with one attached hydrogen (secondary N) is 2. The number of piperidine rings is 1. The summed E-state index contributed by atoms with van der Waals surface area (Å²) in [6, 6.07) is 0. The zero-order chi connectivity index (χ0) is 16.5. The number of carbonyl (C=O) groups excluding carboxylic acids is 2. The maximum Gasteiger partial charge on any atom is 0.229 e. The van der Waals surface area contributed by atoms with Crippen molar-refractivity contribution in [1.82, 2.24) is 15.5 Å². The third kappa shape index (κ3) is 6.56. The monoisotopic (exact) mass is 324 g/mol. The van der Waals surface area contributed by atoms with Crippen LogP contribution >= 0.6 is 0 Å². The highest BCUT2D eigenvalue weighted by Gasteiger charge is 2.25. The molecular weight excluding hydrogens is 296 g/mol. The smallest absolute Gasteiger partial charge is 0.229 e. The molecule has 2 amide bonds. The van der Waals surface area contributed by atoms with Crippen molar-refractivity contribution in [2.45, 2.75) is 38.5 Å². The van der Waals surface area contributed by atoms with E-state index in [1.54, 1.807) is 7.05 Å². The molecule has 1 aliphatic carbocycles. The van der Waals surface area contributed by atoms with Gasteiger partial charge in [0.2, 0.25) is 11.8 Å². The second-order valence-corrected chi connectivity index (χ2v) is 6.09. The van der Waals surface area contributed by atoms with Crippen molar-refractivity contribution >= 4 is 17.8 Å². The number of carbonyl (C=O) groups is 2. The number of amides is 2. The number of hydrogen-bond donors (Lipinski definition) is 2. The van der Waals surface area contributed by atoms with Crippen molar-refractivity contribution in [3.8, 4) is 0 Å². The average molecular weight is 324 g/mol. The molecule has 2 aliphatic rings. The van der Waals surface area contributed by atoms with Gasteiger partial charge in [0, 0.05) is 52.7 Å². The predicted octanol–water partition coefficient (Wildman–Crippen LogP) is 0.507. The molecule has 7 nitrogen and oxygen atoms in total. The number of aliphatic imine (C=N–C) groups is 1. The molecule has 23 heavy (non-hydrogen) atoms. The molecule has 0 aromatic rings. The van der Waals surface area contributed by atoms with E-state index < -0.39 is 0 Å². The molecule has 0 spiro atoms. The van der Waals surface area contributed by atoms with Crippen LogP contribution in [0.4, 0.5) is 0 Å². The number of nitrogens with zero attached hydrogens (tertiary/aromatic N) is 2. The van der Waals surface area contributed by atoms with Gasteiger partial charge in [-0.15, -0.1) is 0 Å². The summed E-state index contributed by atoms with van der Waals surface area (Å²) < 4.78 is 5.58. The van der Waals surface area contributed by atoms with Crippen LogP contribution in [-0.2, 0) is 14.3 Å². The first-order valence-electron chi connectivity index (χ1n) is 8.56. The first kappa shape index (κ1) is 17.7. The van der Waals surface area contributed by atoms with Crippen LogP contribution in [-0.4, -0.2) is 62.6 Å². The molecule has 7 heteroatoms. The van der Waals surface area contributed by atoms with Crippen LogP contribution in [0.3, 0.4) is 0 Å². The summed E-state index contributed by atoms with van der Waals surface area (Å²) in [6.45, 7) is 3.34. The van der Waals surface area contributed by atoms with Crippen molar-refractivity contribution < 1.29 is 14.3 Å². The number of likely N-dealkylation sites (tertiary alicyclic amines) is 1. The fraction of sp³-hybridized carbons (Fsp3) is 0.812. The van der Waals surface area contributed by atoms with Crippen molar-refractivity contribution in [2.24, 2.45) is 10.9 Å². The third-order valence-electron chi connectivity index (χ3n) is 4.04. The topological polar surface area (TPSA) is 83.0 Å². The summed E-state index contributed by atoms with van der Waals surface area (Å²) in [7, 11) is 1.70. The number of ether oxygens (including phenoxy) is 1. The van der Waals surface area contributed by atoms with Crippen molar-refractivity contribution in [2.75, 3.05) is 39.9 Å². The normalized spacial score (nSPS) is 19.2. The van der Waals surface area contributed by atoms with Crippen LogP contribution < -0.4 is 10.6 Å². The van der Waals surface area contributed by atoms with E-state index >= 15 is 0 Å². The number of rotatable bonds is 9. The highest BCUT2D eigenvalue weighted by atomic mass is 16.5. The van der Waals surface area contributed by atoms with Crippen molar-refractivity contribution in [3.63, 3.8) is 0 Å². The van der Waals surface area contributed by atoms with E-state index in [9.17, 15) is 9.59 Å². The van der Waals surface area contributed by atoms with Gasteiger partial charge >= 0.3 is 0 Å². The van der Waals surface area contributed by atoms with Gasteiger partial charge in [-0.05, 0) is 31.6 Å². The summed E-state index contributed by atoms with van der Waals surface area (Å²) in [5.41, 5.74) is 0. The zero-order valence-corrected chi connectivity index (χ0v) is 14.0. The maximum absolute atomic E-state index is 11.7. The van der Waals surface area contributed by atoms with Crippen LogP contribution in [0.25, 0.3) is 0 Å². The Bertz CT molecular complexity index is 419. The molecule has 0 aromatic carbocycles. The molecule has 2 N–H and O–H groups in total. The molecule has 130 valence electrons. The summed E-state index contributed by atoms with van der Waals surface area (Å²) >= 11 is 0. The maximum atomic E-state index is 11.7. The summed E-state index contributed by atoms with van der Waals surface area (Å²) in [4.78, 5) is 28.9. The highest BCUT2D eigenvalue weighted by molar-refractivity contribution is 5.97. The highest BCUT2D eigenvalue weighted by Crippen LogP contribution is 2.28. The zero-order valence-electron chi connectivity index (χ0n) is 14.0. The minimum absolute atomic E-state index is 0.0705. The fourth-order valence-corrected chi connectivity index (χ4v) is 2.47. The van der Waals surface area contributed by atoms with E-state index in [0.29, 0.717) is 38.3 Å². The SMILES string of the molecule is CN=C(NCCCOCC1CC1)NCCN1C(=O)CCCC1=O. The lowest BCUT2D eigenvalue weighted by atomic mass is 10.1. The molecule has 1 aliphatic heterocycles. The Morgan fingerprint density at radius 1 is 1.22 bits per heavy atom. The third-order valence-corrected chi connectivity index (χ3v) is 4.04. The molecular formula is C16H28N4O3. The van der Waals surface area contributed by atoms with Crippen LogP contribution in [0.15, 0.2) is 4.99 Å². The van der Waals surface area contributed by atoms with Crippen molar-refractivity contribution in [1.29, 1.82) is 0 Å². The minimum atomic E-state index is -0.0705. The Morgan fingerprint density at radius 2 is 1.91 bits per heavy atom. The van der Waals surface area contributed by atoms with Gasteiger partial charge in [-0.25, -0.2) is 0 Å². The molecule has 0 bridgehead atoms. The van der Waals surface area contributed by atoms with Crippen LogP contribution in [0, 0.1) is 5.92 Å². The molecule has 2 fully saturated rings. The Kier molecular flexibility index (Phi) is 7.32. The molecule has 2 rings (SSSR count). The Balaban J connectivity index is 1.53. The lowest BCUT2D eigenvalue weighted by Gasteiger charge is -2.25. The number of hydrogen-bond acceptors (Lipinski definition) is 4. The van der Waals surface area contributed by atoms with E-state index in [2.05, 4.69) is 15.6 Å². The molecule has 0 atom stereocenters. The quantitative estimate of drug-likeness (QED) is 0.279. The summed E-state index contributed by atoms with van der Waals surface area (Å²) in [5.74, 6) is 1.35.